The maximum Gasteiger partial charge on any atom is 0.334 e. The molecule has 8 heteroatoms. The maximum absolute atomic E-state index is 11.3. The molecule has 2 aromatic heterocycles. The molecule has 0 bridgehead atoms. The van der Waals surface area contributed by atoms with Crippen LogP contribution in [0, 0.1) is 17.0 Å². The third-order valence-corrected chi connectivity index (χ3v) is 3.54. The van der Waals surface area contributed by atoms with Gasteiger partial charge in [0.2, 0.25) is 5.82 Å². The zero-order valence-corrected chi connectivity index (χ0v) is 12.8. The highest BCUT2D eigenvalue weighted by Gasteiger charge is 2.26. The SMILES string of the molecule is CCCc1nn(C)c(NCc2cnn(C)c2C)c1[N+](=O)[O-]. The van der Waals surface area contributed by atoms with Gasteiger partial charge in [0.25, 0.3) is 0 Å². The van der Waals surface area contributed by atoms with E-state index >= 15 is 0 Å². The molecule has 0 aliphatic heterocycles. The van der Waals surface area contributed by atoms with Crippen LogP contribution in [0.5, 0.6) is 0 Å². The molecule has 1 N–H and O–H groups in total. The van der Waals surface area contributed by atoms with Gasteiger partial charge in [-0.25, -0.2) is 4.68 Å². The zero-order valence-electron chi connectivity index (χ0n) is 12.8. The summed E-state index contributed by atoms with van der Waals surface area (Å²) in [5.41, 5.74) is 2.63. The Morgan fingerprint density at radius 2 is 2.10 bits per heavy atom. The Morgan fingerprint density at radius 1 is 1.38 bits per heavy atom. The molecule has 0 spiro atoms. The fraction of sp³-hybridized carbons (Fsp3) is 0.538. The van der Waals surface area contributed by atoms with E-state index in [9.17, 15) is 10.1 Å². The highest BCUT2D eigenvalue weighted by molar-refractivity contribution is 5.60. The number of anilines is 1. The van der Waals surface area contributed by atoms with Crippen LogP contribution < -0.4 is 5.32 Å². The smallest absolute Gasteiger partial charge is 0.334 e. The summed E-state index contributed by atoms with van der Waals surface area (Å²) in [7, 11) is 3.58. The molecule has 114 valence electrons. The Hall–Kier alpha value is -2.38. The number of nitrogens with one attached hydrogen (secondary N) is 1. The van der Waals surface area contributed by atoms with Crippen LogP contribution in [0.2, 0.25) is 0 Å². The fourth-order valence-electron chi connectivity index (χ4n) is 2.26. The Kier molecular flexibility index (Phi) is 4.25. The van der Waals surface area contributed by atoms with Crippen molar-refractivity contribution in [2.45, 2.75) is 33.2 Å². The number of rotatable bonds is 6. The van der Waals surface area contributed by atoms with Gasteiger partial charge in [-0.1, -0.05) is 13.3 Å². The largest absolute Gasteiger partial charge is 0.360 e. The van der Waals surface area contributed by atoms with Gasteiger partial charge in [0.15, 0.2) is 0 Å². The molecule has 2 heterocycles. The molecule has 0 radical (unpaired) electrons. The van der Waals surface area contributed by atoms with E-state index in [4.69, 9.17) is 0 Å². The number of aryl methyl sites for hydroxylation is 3. The van der Waals surface area contributed by atoms with E-state index in [0.717, 1.165) is 17.7 Å². The van der Waals surface area contributed by atoms with Crippen molar-refractivity contribution in [2.75, 3.05) is 5.32 Å². The Morgan fingerprint density at radius 3 is 2.62 bits per heavy atom. The van der Waals surface area contributed by atoms with E-state index in [1.807, 2.05) is 20.9 Å². The van der Waals surface area contributed by atoms with Crippen LogP contribution in [-0.2, 0) is 27.1 Å². The van der Waals surface area contributed by atoms with Crippen LogP contribution in [-0.4, -0.2) is 24.5 Å². The van der Waals surface area contributed by atoms with Crippen molar-refractivity contribution in [2.24, 2.45) is 14.1 Å². The van der Waals surface area contributed by atoms with Gasteiger partial charge in [0.1, 0.15) is 5.69 Å². The quantitative estimate of drug-likeness (QED) is 0.649. The van der Waals surface area contributed by atoms with Gasteiger partial charge < -0.3 is 5.32 Å². The second kappa shape index (κ2) is 5.94. The first-order chi connectivity index (χ1) is 9.95. The summed E-state index contributed by atoms with van der Waals surface area (Å²) in [5, 5.41) is 22.8. The molecular weight excluding hydrogens is 272 g/mol. The summed E-state index contributed by atoms with van der Waals surface area (Å²) in [6.07, 6.45) is 3.17. The molecule has 0 aromatic carbocycles. The van der Waals surface area contributed by atoms with Crippen LogP contribution in [0.4, 0.5) is 11.5 Å². The topological polar surface area (TPSA) is 90.8 Å². The number of hydrogen-bond donors (Lipinski definition) is 1. The van der Waals surface area contributed by atoms with Crippen molar-refractivity contribution >= 4 is 11.5 Å². The summed E-state index contributed by atoms with van der Waals surface area (Å²) >= 11 is 0. The van der Waals surface area contributed by atoms with E-state index < -0.39 is 0 Å². The molecule has 0 aliphatic carbocycles. The number of nitrogens with zero attached hydrogens (tertiary/aromatic N) is 5. The van der Waals surface area contributed by atoms with Gasteiger partial charge in [-0.15, -0.1) is 0 Å². The van der Waals surface area contributed by atoms with Gasteiger partial charge in [0.05, 0.1) is 11.1 Å². The zero-order chi connectivity index (χ0) is 15.6. The first-order valence-electron chi connectivity index (χ1n) is 6.87. The van der Waals surface area contributed by atoms with Crippen LogP contribution in [0.15, 0.2) is 6.20 Å². The molecule has 0 aliphatic rings. The fourth-order valence-corrected chi connectivity index (χ4v) is 2.26. The minimum absolute atomic E-state index is 0.0703. The van der Waals surface area contributed by atoms with E-state index in [-0.39, 0.29) is 10.6 Å². The Balaban J connectivity index is 2.27. The second-order valence-electron chi connectivity index (χ2n) is 5.01. The van der Waals surface area contributed by atoms with Crippen molar-refractivity contribution in [1.82, 2.24) is 19.6 Å². The van der Waals surface area contributed by atoms with Gasteiger partial charge in [-0.05, 0) is 13.3 Å². The molecule has 21 heavy (non-hydrogen) atoms. The van der Waals surface area contributed by atoms with E-state index in [1.54, 1.807) is 17.9 Å². The monoisotopic (exact) mass is 292 g/mol. The van der Waals surface area contributed by atoms with Crippen LogP contribution in [0.25, 0.3) is 0 Å². The predicted molar refractivity (Wildman–Crippen MR) is 79.1 cm³/mol. The predicted octanol–water partition coefficient (Wildman–Crippen LogP) is 1.93. The Bertz CT molecular complexity index is 658. The van der Waals surface area contributed by atoms with Crippen molar-refractivity contribution in [1.29, 1.82) is 0 Å². The molecule has 8 nitrogen and oxygen atoms in total. The molecule has 0 saturated heterocycles. The highest BCUT2D eigenvalue weighted by atomic mass is 16.6. The second-order valence-corrected chi connectivity index (χ2v) is 5.01. The van der Waals surface area contributed by atoms with E-state index in [0.29, 0.717) is 24.5 Å². The Labute approximate surface area is 122 Å². The minimum Gasteiger partial charge on any atom is -0.360 e. The standard InChI is InChI=1S/C13H20N6O2/c1-5-6-11-12(19(20)21)13(18(4)16-11)14-7-10-8-15-17(3)9(10)2/h8,14H,5-7H2,1-4H3. The maximum atomic E-state index is 11.3. The molecule has 0 fully saturated rings. The number of nitro groups is 1. The summed E-state index contributed by atoms with van der Waals surface area (Å²) in [4.78, 5) is 10.9. The summed E-state index contributed by atoms with van der Waals surface area (Å²) in [6.45, 7) is 4.42. The van der Waals surface area contributed by atoms with Crippen molar-refractivity contribution in [3.63, 3.8) is 0 Å². The first-order valence-corrected chi connectivity index (χ1v) is 6.87. The van der Waals surface area contributed by atoms with Gasteiger partial charge in [-0.2, -0.15) is 10.2 Å². The van der Waals surface area contributed by atoms with Crippen LogP contribution in [0.3, 0.4) is 0 Å². The first kappa shape index (κ1) is 15.0. The minimum atomic E-state index is -0.365. The average Bonchev–Trinajstić information content (AvgIpc) is 2.90. The van der Waals surface area contributed by atoms with E-state index in [1.165, 1.54) is 4.68 Å². The summed E-state index contributed by atoms with van der Waals surface area (Å²) in [6, 6.07) is 0. The van der Waals surface area contributed by atoms with Crippen LogP contribution in [0.1, 0.15) is 30.3 Å². The lowest BCUT2D eigenvalue weighted by Crippen LogP contribution is -2.07. The average molecular weight is 292 g/mol. The van der Waals surface area contributed by atoms with Gasteiger partial charge in [0, 0.05) is 31.9 Å². The molecule has 0 unspecified atom stereocenters. The lowest BCUT2D eigenvalue weighted by molar-refractivity contribution is -0.384. The van der Waals surface area contributed by atoms with Crippen molar-refractivity contribution in [3.8, 4) is 0 Å². The van der Waals surface area contributed by atoms with Crippen molar-refractivity contribution in [3.05, 3.63) is 33.3 Å². The highest BCUT2D eigenvalue weighted by Crippen LogP contribution is 2.29. The number of aromatic nitrogens is 4. The lowest BCUT2D eigenvalue weighted by atomic mass is 10.2. The van der Waals surface area contributed by atoms with Gasteiger partial charge in [-0.3, -0.25) is 14.8 Å². The van der Waals surface area contributed by atoms with Crippen molar-refractivity contribution < 1.29 is 4.92 Å². The molecule has 0 saturated carbocycles. The third kappa shape index (κ3) is 2.88. The molecule has 2 rings (SSSR count). The normalized spacial score (nSPS) is 10.9. The molecule has 0 atom stereocenters. The van der Waals surface area contributed by atoms with Gasteiger partial charge >= 0.3 is 5.69 Å². The number of hydrogen-bond acceptors (Lipinski definition) is 5. The molecule has 2 aromatic rings. The summed E-state index contributed by atoms with van der Waals surface area (Å²) < 4.78 is 3.31. The molecule has 0 amide bonds. The molecular formula is C13H20N6O2. The third-order valence-electron chi connectivity index (χ3n) is 3.54. The summed E-state index contributed by atoms with van der Waals surface area (Å²) in [5.74, 6) is 0.437. The lowest BCUT2D eigenvalue weighted by Gasteiger charge is -2.05. The van der Waals surface area contributed by atoms with E-state index in [2.05, 4.69) is 15.5 Å². The van der Waals surface area contributed by atoms with Crippen LogP contribution >= 0.6 is 0 Å².